The molecule has 0 aromatic rings. The standard InChI is InChI=1S/C17H33NO2/c1-14(2)10-16(12-18,13-19)11-15-6-9-17(20-15)7-4-3-5-8-17/h14-15,19H,3-13,18H2,1-2H3. The molecule has 3 N–H and O–H groups in total. The molecule has 1 saturated carbocycles. The van der Waals surface area contributed by atoms with Gasteiger partial charge >= 0.3 is 0 Å². The summed E-state index contributed by atoms with van der Waals surface area (Å²) in [5.41, 5.74) is 6.04. The molecule has 1 aliphatic carbocycles. The zero-order valence-corrected chi connectivity index (χ0v) is 13.4. The molecule has 20 heavy (non-hydrogen) atoms. The Bertz CT molecular complexity index is 293. The molecule has 0 bridgehead atoms. The van der Waals surface area contributed by atoms with Gasteiger partial charge in [-0.1, -0.05) is 33.1 Å². The van der Waals surface area contributed by atoms with Gasteiger partial charge < -0.3 is 15.6 Å². The Balaban J connectivity index is 1.94. The monoisotopic (exact) mass is 283 g/mol. The van der Waals surface area contributed by atoms with E-state index in [-0.39, 0.29) is 17.6 Å². The van der Waals surface area contributed by atoms with Crippen LogP contribution >= 0.6 is 0 Å². The minimum atomic E-state index is -0.140. The molecule has 2 atom stereocenters. The second-order valence-corrected chi connectivity index (χ2v) is 7.69. The summed E-state index contributed by atoms with van der Waals surface area (Å²) < 4.78 is 6.46. The highest BCUT2D eigenvalue weighted by Gasteiger charge is 2.43. The average molecular weight is 283 g/mol. The van der Waals surface area contributed by atoms with Crippen LogP contribution in [0, 0.1) is 11.3 Å². The van der Waals surface area contributed by atoms with Gasteiger partial charge in [0.05, 0.1) is 18.3 Å². The average Bonchev–Trinajstić information content (AvgIpc) is 2.80. The maximum Gasteiger partial charge on any atom is 0.0687 e. The molecule has 0 aromatic carbocycles. The van der Waals surface area contributed by atoms with Crippen LogP contribution in [0.1, 0.15) is 71.6 Å². The molecule has 0 aromatic heterocycles. The lowest BCUT2D eigenvalue weighted by molar-refractivity contribution is -0.0825. The zero-order chi connectivity index (χ0) is 14.6. The summed E-state index contributed by atoms with van der Waals surface area (Å²) in [5, 5.41) is 9.85. The van der Waals surface area contributed by atoms with Crippen LogP contribution in [0.25, 0.3) is 0 Å². The smallest absolute Gasteiger partial charge is 0.0687 e. The topological polar surface area (TPSA) is 55.5 Å². The molecular weight excluding hydrogens is 250 g/mol. The third kappa shape index (κ3) is 3.75. The number of aliphatic hydroxyl groups is 1. The second kappa shape index (κ2) is 6.76. The molecule has 3 nitrogen and oxygen atoms in total. The number of hydrogen-bond donors (Lipinski definition) is 2. The van der Waals surface area contributed by atoms with Crippen LogP contribution < -0.4 is 5.73 Å². The fourth-order valence-corrected chi connectivity index (χ4v) is 4.40. The summed E-state index contributed by atoms with van der Waals surface area (Å²) in [6.45, 7) is 5.17. The molecule has 2 aliphatic rings. The minimum absolute atomic E-state index is 0.140. The fourth-order valence-electron chi connectivity index (χ4n) is 4.40. The van der Waals surface area contributed by atoms with E-state index in [1.54, 1.807) is 0 Å². The number of rotatable bonds is 6. The molecule has 1 aliphatic heterocycles. The van der Waals surface area contributed by atoms with Gasteiger partial charge in [0.2, 0.25) is 0 Å². The summed E-state index contributed by atoms with van der Waals surface area (Å²) in [5.74, 6) is 0.566. The van der Waals surface area contributed by atoms with Gasteiger partial charge in [-0.15, -0.1) is 0 Å². The molecular formula is C17H33NO2. The predicted octanol–water partition coefficient (Wildman–Crippen LogP) is 3.24. The van der Waals surface area contributed by atoms with E-state index in [0.717, 1.165) is 19.3 Å². The SMILES string of the molecule is CC(C)CC(CN)(CO)CC1CCC2(CCCCC2)O1. The van der Waals surface area contributed by atoms with Crippen LogP contribution in [0.15, 0.2) is 0 Å². The predicted molar refractivity (Wildman–Crippen MR) is 82.6 cm³/mol. The van der Waals surface area contributed by atoms with Gasteiger partial charge in [-0.2, -0.15) is 0 Å². The van der Waals surface area contributed by atoms with Crippen LogP contribution in [-0.4, -0.2) is 30.0 Å². The quantitative estimate of drug-likeness (QED) is 0.787. The summed E-state index contributed by atoms with van der Waals surface area (Å²) in [6.07, 6.45) is 11.1. The molecule has 118 valence electrons. The van der Waals surface area contributed by atoms with Crippen molar-refractivity contribution in [2.45, 2.75) is 83.3 Å². The van der Waals surface area contributed by atoms with Crippen LogP contribution in [0.2, 0.25) is 0 Å². The second-order valence-electron chi connectivity index (χ2n) is 7.69. The lowest BCUT2D eigenvalue weighted by Gasteiger charge is -2.37. The van der Waals surface area contributed by atoms with E-state index < -0.39 is 0 Å². The Labute approximate surface area is 124 Å². The number of aliphatic hydroxyl groups excluding tert-OH is 1. The third-order valence-electron chi connectivity index (χ3n) is 5.37. The number of hydrogen-bond acceptors (Lipinski definition) is 3. The maximum atomic E-state index is 9.85. The highest BCUT2D eigenvalue weighted by Crippen LogP contribution is 2.45. The Morgan fingerprint density at radius 1 is 1.25 bits per heavy atom. The van der Waals surface area contributed by atoms with Crippen molar-refractivity contribution in [3.63, 3.8) is 0 Å². The Morgan fingerprint density at radius 3 is 2.50 bits per heavy atom. The lowest BCUT2D eigenvalue weighted by Crippen LogP contribution is -2.40. The molecule has 0 radical (unpaired) electrons. The molecule has 2 unspecified atom stereocenters. The van der Waals surface area contributed by atoms with Crippen molar-refractivity contribution in [1.82, 2.24) is 0 Å². The molecule has 1 spiro atoms. The normalized spacial score (nSPS) is 28.9. The molecule has 2 fully saturated rings. The van der Waals surface area contributed by atoms with Gasteiger partial charge in [-0.3, -0.25) is 0 Å². The number of nitrogens with two attached hydrogens (primary N) is 1. The largest absolute Gasteiger partial charge is 0.396 e. The summed E-state index contributed by atoms with van der Waals surface area (Å²) in [6, 6.07) is 0. The van der Waals surface area contributed by atoms with Crippen LogP contribution in [0.5, 0.6) is 0 Å². The van der Waals surface area contributed by atoms with Crippen molar-refractivity contribution in [2.24, 2.45) is 17.1 Å². The van der Waals surface area contributed by atoms with E-state index in [9.17, 15) is 5.11 Å². The van der Waals surface area contributed by atoms with E-state index >= 15 is 0 Å². The van der Waals surface area contributed by atoms with Crippen molar-refractivity contribution in [3.05, 3.63) is 0 Å². The van der Waals surface area contributed by atoms with Crippen LogP contribution in [0.3, 0.4) is 0 Å². The zero-order valence-electron chi connectivity index (χ0n) is 13.4. The van der Waals surface area contributed by atoms with E-state index in [2.05, 4.69) is 13.8 Å². The van der Waals surface area contributed by atoms with Gasteiger partial charge in [0, 0.05) is 12.0 Å². The van der Waals surface area contributed by atoms with Crippen molar-refractivity contribution >= 4 is 0 Å². The molecule has 3 heteroatoms. The number of ether oxygens (including phenoxy) is 1. The minimum Gasteiger partial charge on any atom is -0.396 e. The summed E-state index contributed by atoms with van der Waals surface area (Å²) >= 11 is 0. The van der Waals surface area contributed by atoms with E-state index in [1.807, 2.05) is 0 Å². The van der Waals surface area contributed by atoms with Gasteiger partial charge in [0.1, 0.15) is 0 Å². The first kappa shape index (κ1) is 16.3. The first-order chi connectivity index (χ1) is 9.53. The maximum absolute atomic E-state index is 9.85. The molecule has 2 rings (SSSR count). The van der Waals surface area contributed by atoms with Crippen molar-refractivity contribution in [1.29, 1.82) is 0 Å². The van der Waals surface area contributed by atoms with Crippen molar-refractivity contribution in [3.8, 4) is 0 Å². The van der Waals surface area contributed by atoms with Gasteiger partial charge in [-0.05, 0) is 44.4 Å². The Kier molecular flexibility index (Phi) is 5.49. The summed E-state index contributed by atoms with van der Waals surface area (Å²) in [4.78, 5) is 0. The van der Waals surface area contributed by atoms with Gasteiger partial charge in [0.15, 0.2) is 0 Å². The van der Waals surface area contributed by atoms with Crippen LogP contribution in [0.4, 0.5) is 0 Å². The highest BCUT2D eigenvalue weighted by atomic mass is 16.5. The highest BCUT2D eigenvalue weighted by molar-refractivity contribution is 4.94. The van der Waals surface area contributed by atoms with Gasteiger partial charge in [0.25, 0.3) is 0 Å². The van der Waals surface area contributed by atoms with Crippen LogP contribution in [-0.2, 0) is 4.74 Å². The Hall–Kier alpha value is -0.120. The van der Waals surface area contributed by atoms with E-state index in [1.165, 1.54) is 38.5 Å². The Morgan fingerprint density at radius 2 is 1.95 bits per heavy atom. The van der Waals surface area contributed by atoms with E-state index in [0.29, 0.717) is 18.6 Å². The molecule has 1 heterocycles. The fraction of sp³-hybridized carbons (Fsp3) is 1.00. The van der Waals surface area contributed by atoms with Crippen molar-refractivity contribution < 1.29 is 9.84 Å². The first-order valence-electron chi connectivity index (χ1n) is 8.52. The first-order valence-corrected chi connectivity index (χ1v) is 8.52. The van der Waals surface area contributed by atoms with Gasteiger partial charge in [-0.25, -0.2) is 0 Å². The van der Waals surface area contributed by atoms with Crippen molar-refractivity contribution in [2.75, 3.05) is 13.2 Å². The summed E-state index contributed by atoms with van der Waals surface area (Å²) in [7, 11) is 0. The molecule has 0 amide bonds. The lowest BCUT2D eigenvalue weighted by atomic mass is 9.76. The molecule has 1 saturated heterocycles. The third-order valence-corrected chi connectivity index (χ3v) is 5.37. The van der Waals surface area contributed by atoms with E-state index in [4.69, 9.17) is 10.5 Å².